The molecule has 2 rings (SSSR count). The molecule has 0 saturated heterocycles. The van der Waals surface area contributed by atoms with Crippen LogP contribution in [0.1, 0.15) is 18.2 Å². The topological polar surface area (TPSA) is 62.4 Å². The molecule has 3 N–H and O–H groups in total. The maximum atomic E-state index is 9.67. The lowest BCUT2D eigenvalue weighted by Crippen LogP contribution is -2.17. The predicted octanol–water partition coefficient (Wildman–Crippen LogP) is 2.71. The van der Waals surface area contributed by atoms with Crippen LogP contribution in [0.25, 0.3) is 0 Å². The summed E-state index contributed by atoms with van der Waals surface area (Å²) in [7, 11) is 0. The normalized spacial score (nSPS) is 10.5. The minimum Gasteiger partial charge on any atom is -0.508 e. The second-order valence-electron chi connectivity index (χ2n) is 4.42. The Morgan fingerprint density at radius 2 is 2.05 bits per heavy atom. The van der Waals surface area contributed by atoms with E-state index in [9.17, 15) is 5.11 Å². The Morgan fingerprint density at radius 3 is 2.74 bits per heavy atom. The van der Waals surface area contributed by atoms with Gasteiger partial charge in [-0.3, -0.25) is 4.98 Å². The van der Waals surface area contributed by atoms with Crippen molar-refractivity contribution < 1.29 is 5.11 Å². The number of nitrogens with two attached hydrogens (primary N) is 1. The number of hydrogen-bond donors (Lipinski definition) is 2. The van der Waals surface area contributed by atoms with E-state index in [-0.39, 0.29) is 5.75 Å². The predicted molar refractivity (Wildman–Crippen MR) is 77.7 cm³/mol. The van der Waals surface area contributed by atoms with Crippen molar-refractivity contribution >= 4 is 11.4 Å². The zero-order valence-electron chi connectivity index (χ0n) is 11.3. The van der Waals surface area contributed by atoms with Crippen LogP contribution in [-0.2, 0) is 6.54 Å². The highest BCUT2D eigenvalue weighted by Crippen LogP contribution is 2.30. The molecule has 0 unspecified atom stereocenters. The van der Waals surface area contributed by atoms with Crippen molar-refractivity contribution in [3.05, 3.63) is 47.8 Å². The van der Waals surface area contributed by atoms with E-state index in [1.165, 1.54) is 0 Å². The summed E-state index contributed by atoms with van der Waals surface area (Å²) in [5, 5.41) is 9.67. The summed E-state index contributed by atoms with van der Waals surface area (Å²) in [6, 6.07) is 9.32. The number of phenolic OH excluding ortho intramolecular Hbond substituents is 1. The molecule has 0 atom stereocenters. The molecular weight excluding hydrogens is 238 g/mol. The van der Waals surface area contributed by atoms with Gasteiger partial charge in [-0.1, -0.05) is 6.07 Å². The molecule has 2 aromatic rings. The van der Waals surface area contributed by atoms with Crippen LogP contribution in [0, 0.1) is 6.92 Å². The molecule has 4 heteroatoms. The van der Waals surface area contributed by atoms with E-state index in [0.29, 0.717) is 6.54 Å². The first kappa shape index (κ1) is 13.4. The molecule has 0 fully saturated rings. The Balaban J connectivity index is 2.46. The van der Waals surface area contributed by atoms with Crippen LogP contribution in [0.5, 0.6) is 5.75 Å². The monoisotopic (exact) mass is 257 g/mol. The molecule has 0 aliphatic rings. The van der Waals surface area contributed by atoms with Crippen molar-refractivity contribution in [3.8, 4) is 5.75 Å². The molecule has 0 bridgehead atoms. The van der Waals surface area contributed by atoms with Gasteiger partial charge in [-0.2, -0.15) is 0 Å². The molecule has 1 heterocycles. The van der Waals surface area contributed by atoms with Crippen molar-refractivity contribution in [2.24, 2.45) is 5.73 Å². The van der Waals surface area contributed by atoms with Gasteiger partial charge in [0.25, 0.3) is 0 Å². The van der Waals surface area contributed by atoms with E-state index in [1.54, 1.807) is 18.3 Å². The molecule has 0 amide bonds. The van der Waals surface area contributed by atoms with Gasteiger partial charge in [0.2, 0.25) is 0 Å². The van der Waals surface area contributed by atoms with Gasteiger partial charge in [-0.15, -0.1) is 0 Å². The summed E-state index contributed by atoms with van der Waals surface area (Å²) < 4.78 is 0. The summed E-state index contributed by atoms with van der Waals surface area (Å²) in [5.41, 5.74) is 9.63. The van der Waals surface area contributed by atoms with E-state index < -0.39 is 0 Å². The zero-order chi connectivity index (χ0) is 13.8. The Labute approximate surface area is 113 Å². The van der Waals surface area contributed by atoms with Crippen molar-refractivity contribution in [2.75, 3.05) is 11.4 Å². The number of phenols is 1. The Bertz CT molecular complexity index is 569. The highest BCUT2D eigenvalue weighted by Gasteiger charge is 2.11. The number of nitrogens with zero attached hydrogens (tertiary/aromatic N) is 2. The number of aromatic nitrogens is 1. The number of rotatable bonds is 4. The molecule has 0 aliphatic carbocycles. The van der Waals surface area contributed by atoms with Crippen LogP contribution in [0.4, 0.5) is 11.4 Å². The van der Waals surface area contributed by atoms with E-state index in [0.717, 1.165) is 29.2 Å². The Morgan fingerprint density at radius 1 is 1.26 bits per heavy atom. The van der Waals surface area contributed by atoms with Gasteiger partial charge in [0, 0.05) is 36.7 Å². The van der Waals surface area contributed by atoms with Crippen LogP contribution in [0.3, 0.4) is 0 Å². The molecule has 0 spiro atoms. The lowest BCUT2D eigenvalue weighted by molar-refractivity contribution is 0.475. The van der Waals surface area contributed by atoms with Crippen molar-refractivity contribution in [2.45, 2.75) is 20.4 Å². The third-order valence-corrected chi connectivity index (χ3v) is 3.12. The molecule has 1 aromatic carbocycles. The van der Waals surface area contributed by atoms with E-state index in [2.05, 4.69) is 16.8 Å². The fourth-order valence-corrected chi connectivity index (χ4v) is 2.13. The SMILES string of the molecule is CCN(c1ccnc(CN)c1)c1cc(O)ccc1C. The van der Waals surface area contributed by atoms with Gasteiger partial charge in [-0.25, -0.2) is 0 Å². The number of anilines is 2. The molecule has 0 aliphatic heterocycles. The van der Waals surface area contributed by atoms with Crippen LogP contribution < -0.4 is 10.6 Å². The molecule has 0 radical (unpaired) electrons. The third-order valence-electron chi connectivity index (χ3n) is 3.12. The maximum absolute atomic E-state index is 9.67. The number of aryl methyl sites for hydroxylation is 1. The minimum absolute atomic E-state index is 0.271. The number of pyridine rings is 1. The van der Waals surface area contributed by atoms with Crippen molar-refractivity contribution in [1.29, 1.82) is 0 Å². The summed E-state index contributed by atoms with van der Waals surface area (Å²) in [6.07, 6.45) is 1.76. The van der Waals surface area contributed by atoms with Crippen LogP contribution in [-0.4, -0.2) is 16.6 Å². The Hall–Kier alpha value is -2.07. The van der Waals surface area contributed by atoms with Gasteiger partial charge in [0.05, 0.1) is 5.69 Å². The molecule has 4 nitrogen and oxygen atoms in total. The fraction of sp³-hybridized carbons (Fsp3) is 0.267. The van der Waals surface area contributed by atoms with Crippen molar-refractivity contribution in [1.82, 2.24) is 4.98 Å². The molecule has 0 saturated carbocycles. The van der Waals surface area contributed by atoms with Crippen LogP contribution in [0.2, 0.25) is 0 Å². The van der Waals surface area contributed by atoms with Gasteiger partial charge >= 0.3 is 0 Å². The second-order valence-corrected chi connectivity index (χ2v) is 4.42. The first-order valence-corrected chi connectivity index (χ1v) is 6.38. The molecule has 100 valence electrons. The lowest BCUT2D eigenvalue weighted by Gasteiger charge is -2.25. The van der Waals surface area contributed by atoms with Crippen molar-refractivity contribution in [3.63, 3.8) is 0 Å². The lowest BCUT2D eigenvalue weighted by atomic mass is 10.1. The molecule has 1 aromatic heterocycles. The second kappa shape index (κ2) is 5.71. The van der Waals surface area contributed by atoms with E-state index >= 15 is 0 Å². The highest BCUT2D eigenvalue weighted by molar-refractivity contribution is 5.67. The molecule has 19 heavy (non-hydrogen) atoms. The third kappa shape index (κ3) is 2.85. The fourth-order valence-electron chi connectivity index (χ4n) is 2.13. The van der Waals surface area contributed by atoms with E-state index in [1.807, 2.05) is 25.1 Å². The average Bonchev–Trinajstić information content (AvgIpc) is 2.44. The number of hydrogen-bond acceptors (Lipinski definition) is 4. The maximum Gasteiger partial charge on any atom is 0.117 e. The summed E-state index contributed by atoms with van der Waals surface area (Å²) in [5.74, 6) is 0.271. The van der Waals surface area contributed by atoms with E-state index in [4.69, 9.17) is 5.73 Å². The van der Waals surface area contributed by atoms with Crippen LogP contribution >= 0.6 is 0 Å². The summed E-state index contributed by atoms with van der Waals surface area (Å²) >= 11 is 0. The van der Waals surface area contributed by atoms with Gasteiger partial charge < -0.3 is 15.7 Å². The zero-order valence-corrected chi connectivity index (χ0v) is 11.3. The first-order valence-electron chi connectivity index (χ1n) is 6.38. The van der Waals surface area contributed by atoms with Crippen LogP contribution in [0.15, 0.2) is 36.5 Å². The summed E-state index contributed by atoms with van der Waals surface area (Å²) in [4.78, 5) is 6.34. The van der Waals surface area contributed by atoms with Gasteiger partial charge in [-0.05, 0) is 37.6 Å². The van der Waals surface area contributed by atoms with Gasteiger partial charge in [0.1, 0.15) is 5.75 Å². The standard InChI is InChI=1S/C15H19N3O/c1-3-18(13-6-7-17-12(8-13)10-16)15-9-14(19)5-4-11(15)2/h4-9,19H,3,10,16H2,1-2H3. The molecular formula is C15H19N3O. The number of benzene rings is 1. The number of aromatic hydroxyl groups is 1. The average molecular weight is 257 g/mol. The minimum atomic E-state index is 0.271. The largest absolute Gasteiger partial charge is 0.508 e. The quantitative estimate of drug-likeness (QED) is 0.884. The smallest absolute Gasteiger partial charge is 0.117 e. The first-order chi connectivity index (χ1) is 9.15. The summed E-state index contributed by atoms with van der Waals surface area (Å²) in [6.45, 7) is 5.33. The Kier molecular flexibility index (Phi) is 4.02. The highest BCUT2D eigenvalue weighted by atomic mass is 16.3. The van der Waals surface area contributed by atoms with Gasteiger partial charge in [0.15, 0.2) is 0 Å².